The Kier molecular flexibility index (Phi) is 10.4. The second kappa shape index (κ2) is 12.3. The number of carbonyl (C=O) groups excluding carboxylic acids is 1. The first kappa shape index (κ1) is 21.0. The third-order valence-electron chi connectivity index (χ3n) is 4.09. The molecule has 0 atom stereocenters. The number of allylic oxidation sites excluding steroid dienone is 3. The number of esters is 1. The van der Waals surface area contributed by atoms with Crippen LogP contribution in [0.3, 0.4) is 0 Å². The number of hydrogen-bond acceptors (Lipinski definition) is 3. The Morgan fingerprint density at radius 1 is 1.12 bits per heavy atom. The summed E-state index contributed by atoms with van der Waals surface area (Å²) in [5.74, 6) is 0.520. The lowest BCUT2D eigenvalue weighted by Crippen LogP contribution is -2.11. The zero-order chi connectivity index (χ0) is 18.5. The maximum absolute atomic E-state index is 11.8. The average molecular weight is 344 g/mol. The quantitative estimate of drug-likeness (QED) is 0.224. The highest BCUT2D eigenvalue weighted by Gasteiger charge is 2.03. The van der Waals surface area contributed by atoms with Crippen LogP contribution in [0.25, 0.3) is 0 Å². The molecular formula is C22H32O3. The monoisotopic (exact) mass is 344 g/mol. The molecule has 0 N–H and O–H groups in total. The summed E-state index contributed by atoms with van der Waals surface area (Å²) in [7, 11) is 0. The predicted molar refractivity (Wildman–Crippen MR) is 104 cm³/mol. The van der Waals surface area contributed by atoms with Gasteiger partial charge < -0.3 is 9.47 Å². The van der Waals surface area contributed by atoms with Gasteiger partial charge in [-0.2, -0.15) is 0 Å². The fraction of sp³-hybridized carbons (Fsp3) is 0.500. The largest absolute Gasteiger partial charge is 0.490 e. The van der Waals surface area contributed by atoms with Crippen LogP contribution in [0.15, 0.2) is 42.0 Å². The summed E-state index contributed by atoms with van der Waals surface area (Å²) in [5, 5.41) is 0. The van der Waals surface area contributed by atoms with Crippen LogP contribution < -0.4 is 4.74 Å². The summed E-state index contributed by atoms with van der Waals surface area (Å²) in [6.45, 7) is 8.80. The van der Waals surface area contributed by atoms with Gasteiger partial charge in [-0.1, -0.05) is 50.5 Å². The number of unbranched alkanes of at least 4 members (excludes halogenated alkanes) is 4. The number of benzene rings is 1. The molecule has 138 valence electrons. The lowest BCUT2D eigenvalue weighted by atomic mass is 10.1. The summed E-state index contributed by atoms with van der Waals surface area (Å²) in [4.78, 5) is 11.8. The van der Waals surface area contributed by atoms with Crippen molar-refractivity contribution in [3.8, 4) is 5.75 Å². The number of aryl methyl sites for hydroxylation is 1. The molecule has 0 saturated heterocycles. The maximum Gasteiger partial charge on any atom is 0.331 e. The van der Waals surface area contributed by atoms with E-state index in [0.717, 1.165) is 23.3 Å². The molecular weight excluding hydrogens is 312 g/mol. The van der Waals surface area contributed by atoms with Crippen molar-refractivity contribution in [1.82, 2.24) is 0 Å². The van der Waals surface area contributed by atoms with E-state index in [1.54, 1.807) is 0 Å². The van der Waals surface area contributed by atoms with E-state index in [4.69, 9.17) is 9.47 Å². The molecule has 0 unspecified atom stereocenters. The Bertz CT molecular complexity index is 585. The first-order valence-electron chi connectivity index (χ1n) is 9.25. The average Bonchev–Trinajstić information content (AvgIpc) is 2.58. The number of ether oxygens (including phenoxy) is 2. The molecule has 0 heterocycles. The summed E-state index contributed by atoms with van der Waals surface area (Å²) in [6, 6.07) is 5.94. The summed E-state index contributed by atoms with van der Waals surface area (Å²) in [5.41, 5.74) is 3.22. The molecule has 0 aliphatic carbocycles. The highest BCUT2D eigenvalue weighted by Crippen LogP contribution is 2.20. The number of hydrogen-bond donors (Lipinski definition) is 0. The zero-order valence-corrected chi connectivity index (χ0v) is 16.1. The van der Waals surface area contributed by atoms with Crippen LogP contribution in [-0.4, -0.2) is 19.2 Å². The fourth-order valence-corrected chi connectivity index (χ4v) is 2.41. The second-order valence-corrected chi connectivity index (χ2v) is 6.35. The van der Waals surface area contributed by atoms with E-state index in [0.29, 0.717) is 6.61 Å². The molecule has 0 saturated carbocycles. The number of rotatable bonds is 11. The standard InChI is InChI=1S/C22H32O3/c1-5-6-7-8-9-10-12-18(2)17-22(23)25-16-15-24-21-14-11-13-19(3)20(21)4/h10-14,17H,5-9,15-16H2,1-4H3/b12-10+,18-17+. The van der Waals surface area contributed by atoms with Crippen LogP contribution in [0.1, 0.15) is 57.1 Å². The third kappa shape index (κ3) is 9.13. The molecule has 0 spiro atoms. The molecule has 0 aromatic heterocycles. The van der Waals surface area contributed by atoms with Gasteiger partial charge in [0.1, 0.15) is 19.0 Å². The van der Waals surface area contributed by atoms with Crippen molar-refractivity contribution >= 4 is 5.97 Å². The van der Waals surface area contributed by atoms with Gasteiger partial charge in [-0.15, -0.1) is 0 Å². The SMILES string of the molecule is CCCCCC/C=C/C(C)=C/C(=O)OCCOc1cccc(C)c1C. The smallest absolute Gasteiger partial charge is 0.331 e. The van der Waals surface area contributed by atoms with Gasteiger partial charge in [0.05, 0.1) is 0 Å². The molecule has 0 fully saturated rings. The molecule has 25 heavy (non-hydrogen) atoms. The summed E-state index contributed by atoms with van der Waals surface area (Å²) < 4.78 is 10.9. The van der Waals surface area contributed by atoms with Crippen LogP contribution in [0.4, 0.5) is 0 Å². The van der Waals surface area contributed by atoms with E-state index in [-0.39, 0.29) is 12.6 Å². The van der Waals surface area contributed by atoms with Crippen LogP contribution in [-0.2, 0) is 9.53 Å². The molecule has 3 heteroatoms. The lowest BCUT2D eigenvalue weighted by Gasteiger charge is -2.10. The van der Waals surface area contributed by atoms with Crippen molar-refractivity contribution in [2.75, 3.05) is 13.2 Å². The highest BCUT2D eigenvalue weighted by molar-refractivity contribution is 5.83. The Hall–Kier alpha value is -2.03. The van der Waals surface area contributed by atoms with Crippen molar-refractivity contribution in [3.05, 3.63) is 53.1 Å². The molecule has 1 rings (SSSR count). The van der Waals surface area contributed by atoms with E-state index >= 15 is 0 Å². The highest BCUT2D eigenvalue weighted by atomic mass is 16.6. The summed E-state index contributed by atoms with van der Waals surface area (Å²) in [6.07, 6.45) is 11.7. The topological polar surface area (TPSA) is 35.5 Å². The van der Waals surface area contributed by atoms with Crippen molar-refractivity contribution < 1.29 is 14.3 Å². The summed E-state index contributed by atoms with van der Waals surface area (Å²) >= 11 is 0. The van der Waals surface area contributed by atoms with Crippen molar-refractivity contribution in [2.45, 2.75) is 59.8 Å². The van der Waals surface area contributed by atoms with Gasteiger partial charge in [0.25, 0.3) is 0 Å². The Labute approximate surface area is 152 Å². The van der Waals surface area contributed by atoms with Gasteiger partial charge in [-0.3, -0.25) is 0 Å². The Morgan fingerprint density at radius 2 is 1.92 bits per heavy atom. The molecule has 0 aliphatic heterocycles. The Morgan fingerprint density at radius 3 is 2.68 bits per heavy atom. The molecule has 0 amide bonds. The van der Waals surface area contributed by atoms with E-state index in [1.807, 2.05) is 45.0 Å². The first-order chi connectivity index (χ1) is 12.0. The Balaban J connectivity index is 2.25. The minimum atomic E-state index is -0.322. The third-order valence-corrected chi connectivity index (χ3v) is 4.09. The number of carbonyl (C=O) groups is 1. The van der Waals surface area contributed by atoms with E-state index in [1.165, 1.54) is 37.3 Å². The lowest BCUT2D eigenvalue weighted by molar-refractivity contribution is -0.138. The molecule has 0 radical (unpaired) electrons. The molecule has 3 nitrogen and oxygen atoms in total. The van der Waals surface area contributed by atoms with E-state index in [2.05, 4.69) is 13.0 Å². The van der Waals surface area contributed by atoms with Gasteiger partial charge >= 0.3 is 5.97 Å². The van der Waals surface area contributed by atoms with Crippen molar-refractivity contribution in [1.29, 1.82) is 0 Å². The molecule has 1 aromatic carbocycles. The second-order valence-electron chi connectivity index (χ2n) is 6.35. The van der Waals surface area contributed by atoms with Gasteiger partial charge in [-0.05, 0) is 56.4 Å². The van der Waals surface area contributed by atoms with Crippen LogP contribution in [0.5, 0.6) is 5.75 Å². The van der Waals surface area contributed by atoms with E-state index in [9.17, 15) is 4.79 Å². The van der Waals surface area contributed by atoms with Crippen LogP contribution >= 0.6 is 0 Å². The van der Waals surface area contributed by atoms with Crippen molar-refractivity contribution in [3.63, 3.8) is 0 Å². The first-order valence-corrected chi connectivity index (χ1v) is 9.25. The van der Waals surface area contributed by atoms with Gasteiger partial charge in [0.2, 0.25) is 0 Å². The fourth-order valence-electron chi connectivity index (χ4n) is 2.41. The van der Waals surface area contributed by atoms with Crippen molar-refractivity contribution in [2.24, 2.45) is 0 Å². The molecule has 0 aliphatic rings. The van der Waals surface area contributed by atoms with E-state index < -0.39 is 0 Å². The molecule has 0 bridgehead atoms. The van der Waals surface area contributed by atoms with Gasteiger partial charge in [-0.25, -0.2) is 4.79 Å². The van der Waals surface area contributed by atoms with Crippen LogP contribution in [0.2, 0.25) is 0 Å². The van der Waals surface area contributed by atoms with Crippen LogP contribution in [0, 0.1) is 13.8 Å². The maximum atomic E-state index is 11.8. The molecule has 1 aromatic rings. The zero-order valence-electron chi connectivity index (χ0n) is 16.1. The normalized spacial score (nSPS) is 11.8. The van der Waals surface area contributed by atoms with Gasteiger partial charge in [0, 0.05) is 6.08 Å². The minimum absolute atomic E-state index is 0.247. The minimum Gasteiger partial charge on any atom is -0.490 e. The predicted octanol–water partition coefficient (Wildman–Crippen LogP) is 5.70. The van der Waals surface area contributed by atoms with Gasteiger partial charge in [0.15, 0.2) is 0 Å².